The van der Waals surface area contributed by atoms with Gasteiger partial charge in [0, 0.05) is 30.2 Å². The van der Waals surface area contributed by atoms with Gasteiger partial charge in [-0.1, -0.05) is 22.9 Å². The van der Waals surface area contributed by atoms with Gasteiger partial charge in [0.05, 0.1) is 21.3 Å². The van der Waals surface area contributed by atoms with E-state index < -0.39 is 0 Å². The fourth-order valence-electron chi connectivity index (χ4n) is 3.55. The van der Waals surface area contributed by atoms with Crippen molar-refractivity contribution in [1.29, 1.82) is 0 Å². The molecule has 4 aromatic rings. The Kier molecular flexibility index (Phi) is 4.61. The molecular formula is C20H19ClN6OS. The van der Waals surface area contributed by atoms with E-state index in [9.17, 15) is 4.79 Å². The van der Waals surface area contributed by atoms with Crippen molar-refractivity contribution in [3.63, 3.8) is 0 Å². The fraction of sp³-hybridized carbons (Fsp3) is 0.250. The number of rotatable bonds is 4. The van der Waals surface area contributed by atoms with Gasteiger partial charge in [0.2, 0.25) is 5.95 Å². The van der Waals surface area contributed by atoms with Gasteiger partial charge in [0.25, 0.3) is 5.91 Å². The Balaban J connectivity index is 1.41. The van der Waals surface area contributed by atoms with E-state index in [4.69, 9.17) is 11.6 Å². The maximum absolute atomic E-state index is 12.5. The highest BCUT2D eigenvalue weighted by molar-refractivity contribution is 7.22. The summed E-state index contributed by atoms with van der Waals surface area (Å²) in [5, 5.41) is 11.0. The number of thiazole rings is 1. The third kappa shape index (κ3) is 3.55. The molecule has 0 saturated carbocycles. The Labute approximate surface area is 176 Å². The van der Waals surface area contributed by atoms with Gasteiger partial charge in [0.1, 0.15) is 0 Å². The first kappa shape index (κ1) is 18.4. The molecule has 1 amide bonds. The minimum Gasteiger partial charge on any atom is -0.348 e. The average Bonchev–Trinajstić information content (AvgIpc) is 3.41. The molecule has 1 atom stereocenters. The molecule has 0 aliphatic carbocycles. The molecule has 1 aliphatic heterocycles. The molecule has 1 saturated heterocycles. The van der Waals surface area contributed by atoms with Gasteiger partial charge < -0.3 is 20.5 Å². The van der Waals surface area contributed by atoms with Crippen molar-refractivity contribution < 1.29 is 4.79 Å². The van der Waals surface area contributed by atoms with Crippen molar-refractivity contribution in [1.82, 2.24) is 25.2 Å². The van der Waals surface area contributed by atoms with Crippen LogP contribution >= 0.6 is 22.9 Å². The number of hydrogen-bond acceptors (Lipinski definition) is 6. The van der Waals surface area contributed by atoms with Crippen molar-refractivity contribution in [2.75, 3.05) is 18.4 Å². The minimum absolute atomic E-state index is 0.0659. The Morgan fingerprint density at radius 1 is 1.24 bits per heavy atom. The maximum Gasteiger partial charge on any atom is 0.251 e. The third-order valence-corrected chi connectivity index (χ3v) is 6.28. The average molecular weight is 427 g/mol. The molecule has 1 aliphatic rings. The molecule has 2 aromatic carbocycles. The number of nitrogens with zero attached hydrogens (tertiary/aromatic N) is 3. The molecule has 0 bridgehead atoms. The molecular weight excluding hydrogens is 408 g/mol. The van der Waals surface area contributed by atoms with Crippen molar-refractivity contribution >= 4 is 61.2 Å². The third-order valence-electron chi connectivity index (χ3n) is 5.11. The summed E-state index contributed by atoms with van der Waals surface area (Å²) in [4.78, 5) is 21.8. The van der Waals surface area contributed by atoms with Gasteiger partial charge in [-0.05, 0) is 49.4 Å². The van der Waals surface area contributed by atoms with E-state index in [0.717, 1.165) is 45.9 Å². The topological polar surface area (TPSA) is 83.9 Å². The molecule has 7 nitrogen and oxygen atoms in total. The van der Waals surface area contributed by atoms with E-state index in [1.54, 1.807) is 0 Å². The highest BCUT2D eigenvalue weighted by Gasteiger charge is 2.18. The number of halogens is 1. The number of carbonyl (C=O) groups is 1. The van der Waals surface area contributed by atoms with Crippen molar-refractivity contribution in [3.8, 4) is 0 Å². The minimum atomic E-state index is -0.0659. The number of imidazole rings is 1. The second-order valence-corrected chi connectivity index (χ2v) is 8.58. The largest absolute Gasteiger partial charge is 0.348 e. The summed E-state index contributed by atoms with van der Waals surface area (Å²) in [6.45, 7) is 1.76. The molecule has 3 N–H and O–H groups in total. The van der Waals surface area contributed by atoms with Crippen LogP contribution in [0.15, 0.2) is 36.4 Å². The van der Waals surface area contributed by atoms with Gasteiger partial charge in [-0.15, -0.1) is 0 Å². The molecule has 148 valence electrons. The van der Waals surface area contributed by atoms with E-state index >= 15 is 0 Å². The van der Waals surface area contributed by atoms with Gasteiger partial charge in [-0.25, -0.2) is 9.97 Å². The number of nitrogens with one attached hydrogen (secondary N) is 3. The lowest BCUT2D eigenvalue weighted by Gasteiger charge is -2.11. The molecule has 0 radical (unpaired) electrons. The van der Waals surface area contributed by atoms with Crippen molar-refractivity contribution in [2.45, 2.75) is 12.5 Å². The van der Waals surface area contributed by atoms with Crippen LogP contribution in [0.25, 0.3) is 21.3 Å². The first-order chi connectivity index (χ1) is 14.1. The zero-order chi connectivity index (χ0) is 20.0. The molecule has 2 aromatic heterocycles. The van der Waals surface area contributed by atoms with Crippen molar-refractivity contribution in [3.05, 3.63) is 47.0 Å². The van der Waals surface area contributed by atoms with Crippen LogP contribution in [0.2, 0.25) is 5.02 Å². The summed E-state index contributed by atoms with van der Waals surface area (Å²) in [5.74, 6) is 0.603. The second kappa shape index (κ2) is 7.29. The lowest BCUT2D eigenvalue weighted by atomic mass is 10.1. The van der Waals surface area contributed by atoms with Crippen LogP contribution in [0.4, 0.5) is 11.1 Å². The van der Waals surface area contributed by atoms with Crippen LogP contribution in [-0.4, -0.2) is 39.6 Å². The monoisotopic (exact) mass is 426 g/mol. The number of amides is 1. The van der Waals surface area contributed by atoms with Crippen molar-refractivity contribution in [2.24, 2.45) is 7.05 Å². The van der Waals surface area contributed by atoms with Crippen LogP contribution in [0.3, 0.4) is 0 Å². The lowest BCUT2D eigenvalue weighted by Crippen LogP contribution is -2.36. The molecule has 0 unspecified atom stereocenters. The molecule has 1 fully saturated rings. The number of aryl methyl sites for hydroxylation is 1. The van der Waals surface area contributed by atoms with E-state index in [2.05, 4.69) is 25.9 Å². The summed E-state index contributed by atoms with van der Waals surface area (Å²) < 4.78 is 2.97. The summed E-state index contributed by atoms with van der Waals surface area (Å²) in [6.07, 6.45) is 0.957. The highest BCUT2D eigenvalue weighted by atomic mass is 35.5. The first-order valence-corrected chi connectivity index (χ1v) is 10.6. The lowest BCUT2D eigenvalue weighted by molar-refractivity contribution is 0.0940. The molecule has 0 spiro atoms. The number of aromatic nitrogens is 3. The van der Waals surface area contributed by atoms with Gasteiger partial charge in [-0.2, -0.15) is 0 Å². The SMILES string of the molecule is Cn1c(Nc2nc3ccc(Cl)cc3s2)nc2cc(C(=O)N[C@H]3CCNC3)ccc21. The Morgan fingerprint density at radius 2 is 2.14 bits per heavy atom. The number of fused-ring (bicyclic) bond motifs is 2. The summed E-state index contributed by atoms with van der Waals surface area (Å²) in [5.41, 5.74) is 3.21. The first-order valence-electron chi connectivity index (χ1n) is 9.38. The number of carbonyl (C=O) groups excluding carboxylic acids is 1. The van der Waals surface area contributed by atoms with Crippen LogP contribution in [0, 0.1) is 0 Å². The van der Waals surface area contributed by atoms with Gasteiger partial charge in [0.15, 0.2) is 5.13 Å². The Morgan fingerprint density at radius 3 is 2.97 bits per heavy atom. The van der Waals surface area contributed by atoms with Gasteiger partial charge >= 0.3 is 0 Å². The quantitative estimate of drug-likeness (QED) is 0.463. The normalized spacial score (nSPS) is 16.6. The predicted molar refractivity (Wildman–Crippen MR) is 117 cm³/mol. The summed E-state index contributed by atoms with van der Waals surface area (Å²) in [6, 6.07) is 11.4. The standard InChI is InChI=1S/C20H19ClN6OS/c1-27-16-5-2-11(18(28)23-13-6-7-22-10-13)8-15(16)24-19(27)26-20-25-14-4-3-12(21)9-17(14)29-20/h2-5,8-9,13,22H,6-7,10H2,1H3,(H,23,28)(H,24,25,26)/t13-/m0/s1. The molecule has 5 rings (SSSR count). The number of hydrogen-bond donors (Lipinski definition) is 3. The predicted octanol–water partition coefficient (Wildman–Crippen LogP) is 3.67. The highest BCUT2D eigenvalue weighted by Crippen LogP contribution is 2.31. The van der Waals surface area contributed by atoms with Crippen LogP contribution < -0.4 is 16.0 Å². The van der Waals surface area contributed by atoms with E-state index in [-0.39, 0.29) is 11.9 Å². The van der Waals surface area contributed by atoms with Crippen LogP contribution in [-0.2, 0) is 7.05 Å². The maximum atomic E-state index is 12.5. The zero-order valence-electron chi connectivity index (χ0n) is 15.7. The zero-order valence-corrected chi connectivity index (χ0v) is 17.3. The van der Waals surface area contributed by atoms with E-state index in [1.165, 1.54) is 11.3 Å². The number of benzene rings is 2. The number of anilines is 2. The fourth-order valence-corrected chi connectivity index (χ4v) is 4.68. The van der Waals surface area contributed by atoms with Crippen LogP contribution in [0.1, 0.15) is 16.8 Å². The van der Waals surface area contributed by atoms with E-state index in [1.807, 2.05) is 48.0 Å². The van der Waals surface area contributed by atoms with E-state index in [0.29, 0.717) is 16.5 Å². The second-order valence-electron chi connectivity index (χ2n) is 7.12. The Bertz CT molecular complexity index is 1230. The van der Waals surface area contributed by atoms with Gasteiger partial charge in [-0.3, -0.25) is 4.79 Å². The Hall–Kier alpha value is -2.68. The molecule has 3 heterocycles. The van der Waals surface area contributed by atoms with Crippen LogP contribution in [0.5, 0.6) is 0 Å². The molecule has 9 heteroatoms. The summed E-state index contributed by atoms with van der Waals surface area (Å²) in [7, 11) is 1.94. The summed E-state index contributed by atoms with van der Waals surface area (Å²) >= 11 is 7.59. The molecule has 29 heavy (non-hydrogen) atoms. The smallest absolute Gasteiger partial charge is 0.251 e.